The minimum Gasteiger partial charge on any atom is -0.377 e. The molecule has 0 radical (unpaired) electrons. The summed E-state index contributed by atoms with van der Waals surface area (Å²) in [5.41, 5.74) is 1.82. The Morgan fingerprint density at radius 2 is 1.73 bits per heavy atom. The SMILES string of the molecule is COC(C)/C(C)=C(\C)C(C)=O. The van der Waals surface area contributed by atoms with Gasteiger partial charge in [0.05, 0.1) is 6.10 Å². The molecular weight excluding hydrogens is 140 g/mol. The molecule has 0 rings (SSSR count). The van der Waals surface area contributed by atoms with Crippen molar-refractivity contribution >= 4 is 5.78 Å². The molecule has 0 aliphatic heterocycles. The van der Waals surface area contributed by atoms with E-state index in [1.54, 1.807) is 14.0 Å². The second-order valence-corrected chi connectivity index (χ2v) is 2.74. The standard InChI is InChI=1S/C9H16O2/c1-6(8(3)10)7(2)9(4)11-5/h9H,1-5H3/b7-6+. The minimum absolute atomic E-state index is 0.0406. The molecule has 0 amide bonds. The lowest BCUT2D eigenvalue weighted by Crippen LogP contribution is -2.10. The van der Waals surface area contributed by atoms with Gasteiger partial charge >= 0.3 is 0 Å². The highest BCUT2D eigenvalue weighted by atomic mass is 16.5. The molecule has 0 aliphatic rings. The van der Waals surface area contributed by atoms with Gasteiger partial charge in [0.15, 0.2) is 5.78 Å². The summed E-state index contributed by atoms with van der Waals surface area (Å²) in [5.74, 6) is 0.117. The monoisotopic (exact) mass is 156 g/mol. The van der Waals surface area contributed by atoms with E-state index in [4.69, 9.17) is 4.74 Å². The van der Waals surface area contributed by atoms with Crippen LogP contribution in [0.15, 0.2) is 11.1 Å². The van der Waals surface area contributed by atoms with Gasteiger partial charge in [-0.05, 0) is 38.8 Å². The van der Waals surface area contributed by atoms with E-state index in [1.807, 2.05) is 20.8 Å². The lowest BCUT2D eigenvalue weighted by Gasteiger charge is -2.11. The number of rotatable bonds is 3. The molecule has 1 atom stereocenters. The van der Waals surface area contributed by atoms with Crippen LogP contribution in [-0.2, 0) is 9.53 Å². The molecule has 1 unspecified atom stereocenters. The number of ketones is 1. The summed E-state index contributed by atoms with van der Waals surface area (Å²) < 4.78 is 5.07. The zero-order chi connectivity index (χ0) is 9.02. The van der Waals surface area contributed by atoms with Crippen LogP contribution in [0.25, 0.3) is 0 Å². The number of hydrogen-bond acceptors (Lipinski definition) is 2. The smallest absolute Gasteiger partial charge is 0.155 e. The number of ether oxygens (including phenoxy) is 1. The summed E-state index contributed by atoms with van der Waals surface area (Å²) in [7, 11) is 1.64. The van der Waals surface area contributed by atoms with Crippen molar-refractivity contribution in [1.29, 1.82) is 0 Å². The fraction of sp³-hybridized carbons (Fsp3) is 0.667. The molecule has 0 saturated carbocycles. The fourth-order valence-electron chi connectivity index (χ4n) is 0.759. The van der Waals surface area contributed by atoms with Gasteiger partial charge in [-0.1, -0.05) is 0 Å². The van der Waals surface area contributed by atoms with Crippen LogP contribution in [0.2, 0.25) is 0 Å². The third kappa shape index (κ3) is 2.85. The first-order valence-corrected chi connectivity index (χ1v) is 3.71. The summed E-state index contributed by atoms with van der Waals surface area (Å²) in [5, 5.41) is 0. The molecule has 0 N–H and O–H groups in total. The summed E-state index contributed by atoms with van der Waals surface area (Å²) in [6.45, 7) is 7.25. The molecule has 0 aromatic heterocycles. The van der Waals surface area contributed by atoms with Crippen molar-refractivity contribution in [2.45, 2.75) is 33.8 Å². The van der Waals surface area contributed by atoms with Crippen molar-refractivity contribution in [3.63, 3.8) is 0 Å². The maximum Gasteiger partial charge on any atom is 0.155 e. The van der Waals surface area contributed by atoms with E-state index < -0.39 is 0 Å². The molecule has 0 spiro atoms. The second-order valence-electron chi connectivity index (χ2n) is 2.74. The van der Waals surface area contributed by atoms with Crippen LogP contribution < -0.4 is 0 Å². The molecule has 0 aliphatic carbocycles. The van der Waals surface area contributed by atoms with Gasteiger partial charge in [-0.25, -0.2) is 0 Å². The van der Waals surface area contributed by atoms with Crippen LogP contribution in [-0.4, -0.2) is 19.0 Å². The third-order valence-electron chi connectivity index (χ3n) is 2.08. The molecule has 64 valence electrons. The largest absolute Gasteiger partial charge is 0.377 e. The highest BCUT2D eigenvalue weighted by Gasteiger charge is 2.07. The quantitative estimate of drug-likeness (QED) is 0.584. The van der Waals surface area contributed by atoms with E-state index >= 15 is 0 Å². The van der Waals surface area contributed by atoms with E-state index in [0.717, 1.165) is 11.1 Å². The topological polar surface area (TPSA) is 26.3 Å². The van der Waals surface area contributed by atoms with Crippen LogP contribution in [0, 0.1) is 0 Å². The second kappa shape index (κ2) is 4.29. The summed E-state index contributed by atoms with van der Waals surface area (Å²) in [6.07, 6.45) is 0.0406. The van der Waals surface area contributed by atoms with E-state index in [0.29, 0.717) is 0 Å². The first kappa shape index (κ1) is 10.4. The molecule has 0 aromatic carbocycles. The first-order valence-electron chi connectivity index (χ1n) is 3.71. The zero-order valence-corrected chi connectivity index (χ0v) is 7.89. The Bertz CT molecular complexity index is 180. The van der Waals surface area contributed by atoms with E-state index in [2.05, 4.69) is 0 Å². The van der Waals surface area contributed by atoms with Crippen LogP contribution >= 0.6 is 0 Å². The summed E-state index contributed by atoms with van der Waals surface area (Å²) >= 11 is 0. The predicted octanol–water partition coefficient (Wildman–Crippen LogP) is 1.95. The molecule has 0 aromatic rings. The number of carbonyl (C=O) groups excluding carboxylic acids is 1. The summed E-state index contributed by atoms with van der Waals surface area (Å²) in [4.78, 5) is 10.9. The van der Waals surface area contributed by atoms with Gasteiger partial charge in [0.2, 0.25) is 0 Å². The average Bonchev–Trinajstić information content (AvgIpc) is 2.00. The lowest BCUT2D eigenvalue weighted by molar-refractivity contribution is -0.113. The Kier molecular flexibility index (Phi) is 4.04. The van der Waals surface area contributed by atoms with Crippen LogP contribution in [0.1, 0.15) is 27.7 Å². The Labute approximate surface area is 68.2 Å². The van der Waals surface area contributed by atoms with Gasteiger partial charge in [-0.3, -0.25) is 4.79 Å². The number of Topliss-reactive ketones (excluding diaryl/α,β-unsaturated/α-hetero) is 1. The van der Waals surface area contributed by atoms with Crippen LogP contribution in [0.3, 0.4) is 0 Å². The fourth-order valence-corrected chi connectivity index (χ4v) is 0.759. The van der Waals surface area contributed by atoms with Gasteiger partial charge in [-0.2, -0.15) is 0 Å². The zero-order valence-electron chi connectivity index (χ0n) is 7.89. The van der Waals surface area contributed by atoms with E-state index in [1.165, 1.54) is 0 Å². The van der Waals surface area contributed by atoms with Crippen molar-refractivity contribution in [3.05, 3.63) is 11.1 Å². The Balaban J connectivity index is 4.51. The average molecular weight is 156 g/mol. The predicted molar refractivity (Wildman–Crippen MR) is 45.5 cm³/mol. The maximum absolute atomic E-state index is 10.9. The number of allylic oxidation sites excluding steroid dienone is 1. The molecular formula is C9H16O2. The third-order valence-corrected chi connectivity index (χ3v) is 2.08. The van der Waals surface area contributed by atoms with E-state index in [9.17, 15) is 4.79 Å². The number of methoxy groups -OCH3 is 1. The molecule has 11 heavy (non-hydrogen) atoms. The van der Waals surface area contributed by atoms with Crippen molar-refractivity contribution in [3.8, 4) is 0 Å². The van der Waals surface area contributed by atoms with Crippen molar-refractivity contribution < 1.29 is 9.53 Å². The lowest BCUT2D eigenvalue weighted by atomic mass is 10.0. The summed E-state index contributed by atoms with van der Waals surface area (Å²) in [6, 6.07) is 0. The van der Waals surface area contributed by atoms with Gasteiger partial charge in [-0.15, -0.1) is 0 Å². The van der Waals surface area contributed by atoms with Gasteiger partial charge in [0, 0.05) is 7.11 Å². The molecule has 0 fully saturated rings. The minimum atomic E-state index is 0.0406. The normalized spacial score (nSPS) is 15.7. The van der Waals surface area contributed by atoms with Crippen molar-refractivity contribution in [2.75, 3.05) is 7.11 Å². The molecule has 2 heteroatoms. The van der Waals surface area contributed by atoms with Gasteiger partial charge < -0.3 is 4.74 Å². The van der Waals surface area contributed by atoms with Crippen LogP contribution in [0.5, 0.6) is 0 Å². The van der Waals surface area contributed by atoms with Crippen LogP contribution in [0.4, 0.5) is 0 Å². The molecule has 0 bridgehead atoms. The van der Waals surface area contributed by atoms with E-state index in [-0.39, 0.29) is 11.9 Å². The number of hydrogen-bond donors (Lipinski definition) is 0. The molecule has 2 nitrogen and oxygen atoms in total. The van der Waals surface area contributed by atoms with Crippen molar-refractivity contribution in [1.82, 2.24) is 0 Å². The number of carbonyl (C=O) groups is 1. The highest BCUT2D eigenvalue weighted by Crippen LogP contribution is 2.10. The molecule has 0 saturated heterocycles. The Morgan fingerprint density at radius 1 is 1.27 bits per heavy atom. The van der Waals surface area contributed by atoms with Gasteiger partial charge in [0.25, 0.3) is 0 Å². The Morgan fingerprint density at radius 3 is 2.00 bits per heavy atom. The maximum atomic E-state index is 10.9. The first-order chi connectivity index (χ1) is 5.00. The highest BCUT2D eigenvalue weighted by molar-refractivity contribution is 5.93. The van der Waals surface area contributed by atoms with Crippen molar-refractivity contribution in [2.24, 2.45) is 0 Å². The Hall–Kier alpha value is -0.630. The molecule has 0 heterocycles. The van der Waals surface area contributed by atoms with Gasteiger partial charge in [0.1, 0.15) is 0 Å².